The van der Waals surface area contributed by atoms with Crippen LogP contribution in [0.25, 0.3) is 5.69 Å². The first-order valence-corrected chi connectivity index (χ1v) is 6.57. The second-order valence-corrected chi connectivity index (χ2v) is 4.89. The van der Waals surface area contributed by atoms with Crippen molar-refractivity contribution < 1.29 is 5.11 Å². The summed E-state index contributed by atoms with van der Waals surface area (Å²) in [7, 11) is 0. The quantitative estimate of drug-likeness (QED) is 0.669. The fourth-order valence-corrected chi connectivity index (χ4v) is 2.39. The Hall–Kier alpha value is -1.04. The summed E-state index contributed by atoms with van der Waals surface area (Å²) in [6, 6.07) is 7.53. The normalized spacial score (nSPS) is 10.7. The molecule has 0 aliphatic rings. The molecule has 1 heterocycles. The average molecular weight is 270 g/mol. The molecule has 0 saturated heterocycles. The molecule has 0 amide bonds. The zero-order valence-corrected chi connectivity index (χ0v) is 10.7. The van der Waals surface area contributed by atoms with Crippen LogP contribution in [0.4, 0.5) is 0 Å². The van der Waals surface area contributed by atoms with Crippen LogP contribution in [-0.2, 0) is 0 Å². The molecule has 4 nitrogen and oxygen atoms in total. The number of aliphatic hydroxyl groups excluding tert-OH is 1. The summed E-state index contributed by atoms with van der Waals surface area (Å²) in [5.41, 5.74) is 0.939. The van der Waals surface area contributed by atoms with E-state index in [0.717, 1.165) is 23.0 Å². The third-order valence-electron chi connectivity index (χ3n) is 2.14. The standard InChI is InChI=1S/C11H12ClN3OS/c12-9-3-1-4-10(7-9)15-8-13-14-11(15)17-6-2-5-16/h1,3-4,7-8,16H,2,5-6H2. The highest BCUT2D eigenvalue weighted by Crippen LogP contribution is 2.21. The highest BCUT2D eigenvalue weighted by Gasteiger charge is 2.06. The molecule has 2 rings (SSSR count). The molecule has 2 aromatic rings. The van der Waals surface area contributed by atoms with Gasteiger partial charge in [-0.1, -0.05) is 29.4 Å². The van der Waals surface area contributed by atoms with E-state index in [1.54, 1.807) is 18.1 Å². The minimum atomic E-state index is 0.193. The maximum atomic E-state index is 8.74. The van der Waals surface area contributed by atoms with Crippen molar-refractivity contribution in [3.63, 3.8) is 0 Å². The first-order chi connectivity index (χ1) is 8.31. The molecule has 0 spiro atoms. The van der Waals surface area contributed by atoms with Gasteiger partial charge in [0.2, 0.25) is 0 Å². The molecule has 0 unspecified atom stereocenters. The number of aromatic nitrogens is 3. The van der Waals surface area contributed by atoms with Crippen molar-refractivity contribution in [2.45, 2.75) is 11.6 Å². The van der Waals surface area contributed by atoms with Crippen molar-refractivity contribution >= 4 is 23.4 Å². The minimum absolute atomic E-state index is 0.193. The van der Waals surface area contributed by atoms with E-state index >= 15 is 0 Å². The first-order valence-electron chi connectivity index (χ1n) is 5.21. The molecule has 6 heteroatoms. The Labute approximate surface area is 109 Å². The highest BCUT2D eigenvalue weighted by atomic mass is 35.5. The van der Waals surface area contributed by atoms with E-state index in [-0.39, 0.29) is 6.61 Å². The molecule has 17 heavy (non-hydrogen) atoms. The Morgan fingerprint density at radius 1 is 1.41 bits per heavy atom. The van der Waals surface area contributed by atoms with Gasteiger partial charge in [-0.2, -0.15) is 0 Å². The van der Waals surface area contributed by atoms with Crippen molar-refractivity contribution in [3.8, 4) is 5.69 Å². The van der Waals surface area contributed by atoms with Gasteiger partial charge in [0, 0.05) is 17.4 Å². The van der Waals surface area contributed by atoms with Crippen LogP contribution in [0, 0.1) is 0 Å². The molecule has 0 bridgehead atoms. The van der Waals surface area contributed by atoms with Crippen LogP contribution in [0.3, 0.4) is 0 Å². The molecule has 1 aromatic carbocycles. The van der Waals surface area contributed by atoms with E-state index in [1.165, 1.54) is 0 Å². The minimum Gasteiger partial charge on any atom is -0.396 e. The summed E-state index contributed by atoms with van der Waals surface area (Å²) in [5.74, 6) is 0.815. The van der Waals surface area contributed by atoms with Crippen molar-refractivity contribution in [1.29, 1.82) is 0 Å². The molecule has 0 atom stereocenters. The summed E-state index contributed by atoms with van der Waals surface area (Å²) in [4.78, 5) is 0. The molecular formula is C11H12ClN3OS. The number of aliphatic hydroxyl groups is 1. The number of nitrogens with zero attached hydrogens (tertiary/aromatic N) is 3. The zero-order chi connectivity index (χ0) is 12.1. The number of hydrogen-bond acceptors (Lipinski definition) is 4. The first kappa shape index (κ1) is 12.4. The van der Waals surface area contributed by atoms with Crippen molar-refractivity contribution in [1.82, 2.24) is 14.8 Å². The summed E-state index contributed by atoms with van der Waals surface area (Å²) >= 11 is 7.51. The van der Waals surface area contributed by atoms with Crippen molar-refractivity contribution in [2.75, 3.05) is 12.4 Å². The monoisotopic (exact) mass is 269 g/mol. The lowest BCUT2D eigenvalue weighted by molar-refractivity contribution is 0.296. The Bertz CT molecular complexity index is 489. The molecule has 1 N–H and O–H groups in total. The van der Waals surface area contributed by atoms with Crippen LogP contribution in [0.15, 0.2) is 35.7 Å². The van der Waals surface area contributed by atoms with Gasteiger partial charge >= 0.3 is 0 Å². The second kappa shape index (κ2) is 6.05. The molecule has 1 aromatic heterocycles. The van der Waals surface area contributed by atoms with Crippen LogP contribution in [-0.4, -0.2) is 32.2 Å². The lowest BCUT2D eigenvalue weighted by atomic mass is 10.3. The SMILES string of the molecule is OCCCSc1nncn1-c1cccc(Cl)c1. The third-order valence-corrected chi connectivity index (χ3v) is 3.40. The average Bonchev–Trinajstić information content (AvgIpc) is 2.78. The van der Waals surface area contributed by atoms with Crippen LogP contribution in [0.2, 0.25) is 5.02 Å². The molecule has 0 saturated carbocycles. The van der Waals surface area contributed by atoms with Crippen LogP contribution in [0.5, 0.6) is 0 Å². The van der Waals surface area contributed by atoms with Gasteiger partial charge in [-0.3, -0.25) is 4.57 Å². The molecule has 0 aliphatic heterocycles. The molecule has 0 fully saturated rings. The summed E-state index contributed by atoms with van der Waals surface area (Å²) < 4.78 is 1.88. The highest BCUT2D eigenvalue weighted by molar-refractivity contribution is 7.99. The van der Waals surface area contributed by atoms with Crippen LogP contribution >= 0.6 is 23.4 Å². The third kappa shape index (κ3) is 3.21. The van der Waals surface area contributed by atoms with E-state index < -0.39 is 0 Å². The number of benzene rings is 1. The van der Waals surface area contributed by atoms with Crippen molar-refractivity contribution in [2.24, 2.45) is 0 Å². The van der Waals surface area contributed by atoms with Gasteiger partial charge < -0.3 is 5.11 Å². The maximum absolute atomic E-state index is 8.74. The number of halogens is 1. The predicted octanol–water partition coefficient (Wildman–Crippen LogP) is 2.40. The van der Waals surface area contributed by atoms with Crippen molar-refractivity contribution in [3.05, 3.63) is 35.6 Å². The lowest BCUT2D eigenvalue weighted by Crippen LogP contribution is -1.96. The second-order valence-electron chi connectivity index (χ2n) is 3.39. The van der Waals surface area contributed by atoms with Gasteiger partial charge in [0.25, 0.3) is 0 Å². The Morgan fingerprint density at radius 3 is 3.06 bits per heavy atom. The van der Waals surface area contributed by atoms with Crippen LogP contribution < -0.4 is 0 Å². The maximum Gasteiger partial charge on any atom is 0.195 e. The smallest absolute Gasteiger partial charge is 0.195 e. The molecule has 90 valence electrons. The Balaban J connectivity index is 2.18. The van der Waals surface area contributed by atoms with E-state index in [0.29, 0.717) is 5.02 Å². The molecule has 0 aliphatic carbocycles. The fraction of sp³-hybridized carbons (Fsp3) is 0.273. The van der Waals surface area contributed by atoms with E-state index in [2.05, 4.69) is 10.2 Å². The summed E-state index contributed by atoms with van der Waals surface area (Å²) in [6.07, 6.45) is 2.40. The van der Waals surface area contributed by atoms with Gasteiger partial charge in [0.1, 0.15) is 6.33 Å². The Kier molecular flexibility index (Phi) is 4.42. The number of hydrogen-bond donors (Lipinski definition) is 1. The lowest BCUT2D eigenvalue weighted by Gasteiger charge is -2.05. The largest absolute Gasteiger partial charge is 0.396 e. The van der Waals surface area contributed by atoms with Crippen LogP contribution in [0.1, 0.15) is 6.42 Å². The fourth-order valence-electron chi connectivity index (χ4n) is 1.35. The van der Waals surface area contributed by atoms with Gasteiger partial charge in [0.15, 0.2) is 5.16 Å². The van der Waals surface area contributed by atoms with E-state index in [1.807, 2.05) is 28.8 Å². The van der Waals surface area contributed by atoms with Gasteiger partial charge in [-0.05, 0) is 24.6 Å². The predicted molar refractivity (Wildman–Crippen MR) is 68.8 cm³/mol. The molecule has 0 radical (unpaired) electrons. The molecular weight excluding hydrogens is 258 g/mol. The van der Waals surface area contributed by atoms with Gasteiger partial charge in [-0.25, -0.2) is 0 Å². The van der Waals surface area contributed by atoms with E-state index in [4.69, 9.17) is 16.7 Å². The zero-order valence-electron chi connectivity index (χ0n) is 9.08. The van der Waals surface area contributed by atoms with Gasteiger partial charge in [-0.15, -0.1) is 10.2 Å². The number of thioether (sulfide) groups is 1. The number of rotatable bonds is 5. The van der Waals surface area contributed by atoms with E-state index in [9.17, 15) is 0 Å². The van der Waals surface area contributed by atoms with Gasteiger partial charge in [0.05, 0.1) is 5.69 Å². The summed E-state index contributed by atoms with van der Waals surface area (Å²) in [6.45, 7) is 0.193. The Morgan fingerprint density at radius 2 is 2.29 bits per heavy atom. The topological polar surface area (TPSA) is 50.9 Å². The summed E-state index contributed by atoms with van der Waals surface area (Å²) in [5, 5.41) is 18.2.